The molecule has 0 unspecified atom stereocenters. The average molecular weight is 626 g/mol. The molecule has 3 heteroatoms. The molecule has 4 aromatic rings. The number of aryl methyl sites for hydroxylation is 1. The van der Waals surface area contributed by atoms with E-state index in [9.17, 15) is 0 Å². The zero-order valence-electron chi connectivity index (χ0n) is 22.6. The molecule has 0 saturated carbocycles. The van der Waals surface area contributed by atoms with Crippen molar-refractivity contribution in [2.24, 2.45) is 0 Å². The Labute approximate surface area is 263 Å². The van der Waals surface area contributed by atoms with E-state index in [1.807, 2.05) is 0 Å². The van der Waals surface area contributed by atoms with Gasteiger partial charge in [-0.2, -0.15) is 0 Å². The van der Waals surface area contributed by atoms with Crippen LogP contribution in [-0.2, 0) is 39.0 Å². The molecule has 0 aliphatic heterocycles. The van der Waals surface area contributed by atoms with E-state index in [1.165, 1.54) is 71.0 Å². The van der Waals surface area contributed by atoms with Gasteiger partial charge in [-0.05, 0) is 48.1 Å². The van der Waals surface area contributed by atoms with Gasteiger partial charge < -0.3 is 24.8 Å². The van der Waals surface area contributed by atoms with E-state index in [0.717, 1.165) is 19.3 Å². The Balaban J connectivity index is 0.00000140. The third kappa shape index (κ3) is 5.47. The standard InChI is InChI=1S/C36H31.2ClH.Zr/c1-4-25-20-21-31-29(22-25)23-32-35(28-18-12-13-19-28)30(5-2)24(3)33(36(31)32)34(26-14-8-6-9-15-26)27-16-10-7-11-17-27;;;/h6-18,20-22H,4-5,19H2,1-3H3;2*1H;/q-1;;;+3/p-2. The third-order valence-electron chi connectivity index (χ3n) is 7.72. The molecule has 4 aromatic carbocycles. The first-order valence-electron chi connectivity index (χ1n) is 13.1. The van der Waals surface area contributed by atoms with Crippen LogP contribution in [0.25, 0.3) is 17.2 Å². The van der Waals surface area contributed by atoms with Gasteiger partial charge in [0.15, 0.2) is 0 Å². The normalized spacial score (nSPS) is 12.2. The summed E-state index contributed by atoms with van der Waals surface area (Å²) in [7, 11) is 0. The Morgan fingerprint density at radius 2 is 1.46 bits per heavy atom. The van der Waals surface area contributed by atoms with Gasteiger partial charge >= 0.3 is 26.2 Å². The van der Waals surface area contributed by atoms with Crippen LogP contribution in [0.1, 0.15) is 59.2 Å². The van der Waals surface area contributed by atoms with E-state index in [2.05, 4.69) is 124 Å². The van der Waals surface area contributed by atoms with Crippen LogP contribution in [-0.4, -0.2) is 0 Å². The number of hydrogen-bond acceptors (Lipinski definition) is 0. The minimum Gasteiger partial charge on any atom is -1.00 e. The van der Waals surface area contributed by atoms with Crippen molar-refractivity contribution < 1.29 is 51.0 Å². The molecule has 0 aromatic heterocycles. The Morgan fingerprint density at radius 1 is 0.821 bits per heavy atom. The topological polar surface area (TPSA) is 0 Å². The van der Waals surface area contributed by atoms with Gasteiger partial charge in [0.25, 0.3) is 0 Å². The second kappa shape index (κ2) is 13.3. The van der Waals surface area contributed by atoms with Gasteiger partial charge in [-0.3, -0.25) is 0 Å². The van der Waals surface area contributed by atoms with Crippen molar-refractivity contribution in [2.45, 2.75) is 40.0 Å². The third-order valence-corrected chi connectivity index (χ3v) is 7.72. The molecule has 0 bridgehead atoms. The van der Waals surface area contributed by atoms with Gasteiger partial charge in [0.2, 0.25) is 0 Å². The summed E-state index contributed by atoms with van der Waals surface area (Å²) in [6, 6.07) is 28.8. The van der Waals surface area contributed by atoms with Gasteiger partial charge in [-0.25, -0.2) is 0 Å². The summed E-state index contributed by atoms with van der Waals surface area (Å²) in [6.07, 6.45) is 13.7. The van der Waals surface area contributed by atoms with Gasteiger partial charge in [0.05, 0.1) is 0 Å². The second-order valence-electron chi connectivity index (χ2n) is 9.75. The van der Waals surface area contributed by atoms with Crippen LogP contribution >= 0.6 is 0 Å². The fraction of sp³-hybridized carbons (Fsp3) is 0.167. The Hall–Kier alpha value is -2.44. The molecule has 193 valence electrons. The molecule has 39 heavy (non-hydrogen) atoms. The molecule has 0 N–H and O–H groups in total. The number of hydrogen-bond donors (Lipinski definition) is 0. The van der Waals surface area contributed by atoms with Crippen molar-refractivity contribution in [3.63, 3.8) is 0 Å². The first-order valence-corrected chi connectivity index (χ1v) is 13.1. The maximum absolute atomic E-state index is 3.92. The molecule has 0 fully saturated rings. The molecule has 1 radical (unpaired) electrons. The van der Waals surface area contributed by atoms with Crippen LogP contribution in [0.15, 0.2) is 97.1 Å². The smallest absolute Gasteiger partial charge is 1.00 e. The first kappa shape index (κ1) is 31.1. The van der Waals surface area contributed by atoms with Gasteiger partial charge in [0, 0.05) is 0 Å². The molecule has 0 amide bonds. The monoisotopic (exact) mass is 623 g/mol. The van der Waals surface area contributed by atoms with E-state index in [0.29, 0.717) is 0 Å². The van der Waals surface area contributed by atoms with Crippen molar-refractivity contribution in [3.8, 4) is 0 Å². The van der Waals surface area contributed by atoms with Crippen LogP contribution < -0.4 is 35.3 Å². The number of fused-ring (bicyclic) bond motifs is 2. The Kier molecular flexibility index (Phi) is 10.6. The predicted octanol–water partition coefficient (Wildman–Crippen LogP) is 1.02. The number of benzene rings is 4. The molecule has 0 spiro atoms. The van der Waals surface area contributed by atoms with E-state index < -0.39 is 0 Å². The quantitative estimate of drug-likeness (QED) is 0.256. The summed E-state index contributed by atoms with van der Waals surface area (Å²) in [5.41, 5.74) is 12.1. The SMILES string of the molecule is CCc1ccc2c(c1)=[C-]c1c(C3=CC=CC3)c(CC)c(C)c(=C(c3ccccc3)c3ccccc3)c1=2.[Cl-].[Cl-].[Zr+3]. The largest absolute Gasteiger partial charge is 3.00 e. The zero-order chi connectivity index (χ0) is 24.6. The van der Waals surface area contributed by atoms with Crippen molar-refractivity contribution in [3.05, 3.63) is 157 Å². The van der Waals surface area contributed by atoms with Gasteiger partial charge in [-0.15, -0.1) is 33.4 Å². The zero-order valence-corrected chi connectivity index (χ0v) is 26.6. The maximum atomic E-state index is 3.92. The summed E-state index contributed by atoms with van der Waals surface area (Å²) in [5.74, 6) is 0. The molecule has 0 saturated heterocycles. The van der Waals surface area contributed by atoms with Crippen LogP contribution in [0.5, 0.6) is 0 Å². The van der Waals surface area contributed by atoms with Gasteiger partial charge in [0.1, 0.15) is 0 Å². The van der Waals surface area contributed by atoms with Crippen molar-refractivity contribution in [2.75, 3.05) is 0 Å². The van der Waals surface area contributed by atoms with Crippen molar-refractivity contribution >= 4 is 17.2 Å². The minimum atomic E-state index is 0. The van der Waals surface area contributed by atoms with Crippen LogP contribution in [0, 0.1) is 17.4 Å². The minimum absolute atomic E-state index is 0. The van der Waals surface area contributed by atoms with Crippen molar-refractivity contribution in [1.82, 2.24) is 0 Å². The summed E-state index contributed by atoms with van der Waals surface area (Å²) in [5, 5.41) is 5.23. The molecule has 2 aliphatic rings. The molecular formula is C36H31Cl2Zr. The fourth-order valence-electron chi connectivity index (χ4n) is 5.99. The number of halogens is 2. The van der Waals surface area contributed by atoms with E-state index in [-0.39, 0.29) is 51.0 Å². The van der Waals surface area contributed by atoms with Crippen molar-refractivity contribution in [1.29, 1.82) is 0 Å². The van der Waals surface area contributed by atoms with E-state index in [1.54, 1.807) is 0 Å². The van der Waals surface area contributed by atoms with Crippen LogP contribution in [0.4, 0.5) is 0 Å². The average Bonchev–Trinajstić information content (AvgIpc) is 3.59. The van der Waals surface area contributed by atoms with E-state index in [4.69, 9.17) is 0 Å². The Morgan fingerprint density at radius 3 is 2.00 bits per heavy atom. The Bertz CT molecular complexity index is 1720. The first-order chi connectivity index (χ1) is 17.7. The molecule has 0 atom stereocenters. The number of allylic oxidation sites excluding steroid dienone is 4. The van der Waals surface area contributed by atoms with Gasteiger partial charge in [-0.1, -0.05) is 133 Å². The molecule has 2 aliphatic carbocycles. The summed E-state index contributed by atoms with van der Waals surface area (Å²) in [6.45, 7) is 6.86. The molecule has 0 heterocycles. The fourth-order valence-corrected chi connectivity index (χ4v) is 5.99. The van der Waals surface area contributed by atoms with E-state index >= 15 is 0 Å². The maximum Gasteiger partial charge on any atom is 3.00 e. The van der Waals surface area contributed by atoms with Crippen LogP contribution in [0.3, 0.4) is 0 Å². The molecular weight excluding hydrogens is 595 g/mol. The summed E-state index contributed by atoms with van der Waals surface area (Å²) >= 11 is 0. The predicted molar refractivity (Wildman–Crippen MR) is 152 cm³/mol. The second-order valence-corrected chi connectivity index (χ2v) is 9.75. The molecule has 0 nitrogen and oxygen atoms in total. The summed E-state index contributed by atoms with van der Waals surface area (Å²) < 4.78 is 0. The number of rotatable bonds is 5. The summed E-state index contributed by atoms with van der Waals surface area (Å²) in [4.78, 5) is 0. The molecule has 6 rings (SSSR count). The van der Waals surface area contributed by atoms with Crippen LogP contribution in [0.2, 0.25) is 0 Å².